The molecule has 0 atom stereocenters. The van der Waals surface area contributed by atoms with Gasteiger partial charge in [0, 0.05) is 23.9 Å². The summed E-state index contributed by atoms with van der Waals surface area (Å²) in [6.45, 7) is 2.02. The van der Waals surface area contributed by atoms with Gasteiger partial charge in [0.25, 0.3) is 0 Å². The Kier molecular flexibility index (Phi) is 2.56. The summed E-state index contributed by atoms with van der Waals surface area (Å²) >= 11 is 0. The molecule has 0 amide bonds. The standard InChI is InChI=1S/C17H16NO/c1-2-4-16-14(3-1)15-11-13(5-6-17(15)19-16)12-7-9-18-10-8-12/h1-6,11-12H,7-10H2. The van der Waals surface area contributed by atoms with Crippen LogP contribution in [0, 0.1) is 0 Å². The molecule has 3 aromatic rings. The van der Waals surface area contributed by atoms with Gasteiger partial charge in [-0.2, -0.15) is 0 Å². The summed E-state index contributed by atoms with van der Waals surface area (Å²) in [5, 5.41) is 6.90. The van der Waals surface area contributed by atoms with Crippen LogP contribution in [0.3, 0.4) is 0 Å². The minimum atomic E-state index is 0.663. The van der Waals surface area contributed by atoms with Crippen LogP contribution in [-0.2, 0) is 0 Å². The Labute approximate surface area is 112 Å². The average molecular weight is 250 g/mol. The quantitative estimate of drug-likeness (QED) is 0.639. The van der Waals surface area contributed by atoms with Gasteiger partial charge in [-0.05, 0) is 42.5 Å². The van der Waals surface area contributed by atoms with Crippen molar-refractivity contribution in [2.24, 2.45) is 0 Å². The highest BCUT2D eigenvalue weighted by Crippen LogP contribution is 2.33. The van der Waals surface area contributed by atoms with E-state index in [9.17, 15) is 0 Å². The molecule has 1 aliphatic heterocycles. The summed E-state index contributed by atoms with van der Waals surface area (Å²) in [7, 11) is 0. The second kappa shape index (κ2) is 4.39. The van der Waals surface area contributed by atoms with E-state index < -0.39 is 0 Å². The molecule has 0 aliphatic carbocycles. The van der Waals surface area contributed by atoms with Crippen molar-refractivity contribution in [1.82, 2.24) is 5.32 Å². The van der Waals surface area contributed by atoms with Gasteiger partial charge in [0.1, 0.15) is 11.2 Å². The number of fused-ring (bicyclic) bond motifs is 3. The smallest absolute Gasteiger partial charge is 0.135 e. The molecule has 2 aromatic carbocycles. The summed E-state index contributed by atoms with van der Waals surface area (Å²) in [5.74, 6) is 0.663. The maximum Gasteiger partial charge on any atom is 0.135 e. The van der Waals surface area contributed by atoms with E-state index in [0.717, 1.165) is 24.3 Å². The third-order valence-electron chi connectivity index (χ3n) is 4.14. The first-order chi connectivity index (χ1) is 9.42. The van der Waals surface area contributed by atoms with Crippen molar-refractivity contribution in [1.29, 1.82) is 0 Å². The van der Waals surface area contributed by atoms with Gasteiger partial charge in [0.15, 0.2) is 0 Å². The first kappa shape index (κ1) is 11.1. The molecule has 1 aliphatic rings. The molecule has 0 spiro atoms. The molecular formula is C17H16NO. The van der Waals surface area contributed by atoms with E-state index in [4.69, 9.17) is 4.42 Å². The number of furan rings is 1. The molecule has 0 N–H and O–H groups in total. The SMILES string of the molecule is c1ccc2c(c1)oc1ccc(C3CC[N]CC3)cc12. The van der Waals surface area contributed by atoms with Crippen LogP contribution >= 0.6 is 0 Å². The van der Waals surface area contributed by atoms with Gasteiger partial charge in [-0.3, -0.25) is 0 Å². The lowest BCUT2D eigenvalue weighted by atomic mass is 9.89. The van der Waals surface area contributed by atoms with Crippen molar-refractivity contribution in [3.63, 3.8) is 0 Å². The Morgan fingerprint density at radius 1 is 0.895 bits per heavy atom. The van der Waals surface area contributed by atoms with E-state index in [2.05, 4.69) is 35.6 Å². The molecule has 0 bridgehead atoms. The number of hydrogen-bond donors (Lipinski definition) is 0. The van der Waals surface area contributed by atoms with Crippen molar-refractivity contribution >= 4 is 21.9 Å². The van der Waals surface area contributed by atoms with Gasteiger partial charge < -0.3 is 4.42 Å². The zero-order valence-electron chi connectivity index (χ0n) is 10.8. The van der Waals surface area contributed by atoms with Crippen LogP contribution in [-0.4, -0.2) is 13.1 Å². The van der Waals surface area contributed by atoms with E-state index in [1.54, 1.807) is 0 Å². The normalized spacial score (nSPS) is 17.3. The lowest BCUT2D eigenvalue weighted by molar-refractivity contribution is 0.454. The number of hydrogen-bond acceptors (Lipinski definition) is 1. The Balaban J connectivity index is 1.87. The van der Waals surface area contributed by atoms with E-state index in [1.165, 1.54) is 29.2 Å². The highest BCUT2D eigenvalue weighted by atomic mass is 16.3. The number of nitrogens with zero attached hydrogens (tertiary/aromatic N) is 1. The molecule has 0 saturated carbocycles. The molecule has 1 saturated heterocycles. The third kappa shape index (κ3) is 1.83. The molecule has 19 heavy (non-hydrogen) atoms. The Morgan fingerprint density at radius 2 is 1.68 bits per heavy atom. The van der Waals surface area contributed by atoms with Gasteiger partial charge in [-0.15, -0.1) is 0 Å². The minimum absolute atomic E-state index is 0.663. The van der Waals surface area contributed by atoms with E-state index in [0.29, 0.717) is 5.92 Å². The molecule has 0 unspecified atom stereocenters. The predicted molar refractivity (Wildman–Crippen MR) is 77.6 cm³/mol. The van der Waals surface area contributed by atoms with Crippen molar-refractivity contribution in [3.8, 4) is 0 Å². The van der Waals surface area contributed by atoms with Crippen molar-refractivity contribution in [2.45, 2.75) is 18.8 Å². The summed E-state index contributed by atoms with van der Waals surface area (Å²) in [4.78, 5) is 0. The predicted octanol–water partition coefficient (Wildman–Crippen LogP) is 4.07. The van der Waals surface area contributed by atoms with Crippen LogP contribution in [0.25, 0.3) is 21.9 Å². The fourth-order valence-electron chi connectivity index (χ4n) is 3.08. The van der Waals surface area contributed by atoms with Gasteiger partial charge in [-0.25, -0.2) is 5.32 Å². The van der Waals surface area contributed by atoms with Crippen LogP contribution in [0.4, 0.5) is 0 Å². The molecular weight excluding hydrogens is 234 g/mol. The molecule has 1 radical (unpaired) electrons. The van der Waals surface area contributed by atoms with Crippen LogP contribution in [0.15, 0.2) is 46.9 Å². The van der Waals surface area contributed by atoms with Gasteiger partial charge in [0.05, 0.1) is 0 Å². The summed E-state index contributed by atoms with van der Waals surface area (Å²) < 4.78 is 5.88. The number of piperidine rings is 1. The van der Waals surface area contributed by atoms with E-state index >= 15 is 0 Å². The highest BCUT2D eigenvalue weighted by Gasteiger charge is 2.17. The van der Waals surface area contributed by atoms with Crippen LogP contribution in [0.2, 0.25) is 0 Å². The lowest BCUT2D eigenvalue weighted by Crippen LogP contribution is -2.20. The molecule has 95 valence electrons. The van der Waals surface area contributed by atoms with Crippen molar-refractivity contribution < 1.29 is 4.42 Å². The Hall–Kier alpha value is -1.80. The number of rotatable bonds is 1. The van der Waals surface area contributed by atoms with Crippen LogP contribution < -0.4 is 5.32 Å². The molecule has 1 fully saturated rings. The number of benzene rings is 2. The lowest BCUT2D eigenvalue weighted by Gasteiger charge is -2.21. The maximum atomic E-state index is 5.88. The Bertz CT molecular complexity index is 722. The molecule has 4 rings (SSSR count). The van der Waals surface area contributed by atoms with Crippen LogP contribution in [0.5, 0.6) is 0 Å². The number of para-hydroxylation sites is 1. The second-order valence-corrected chi connectivity index (χ2v) is 5.30. The molecule has 1 aromatic heterocycles. The summed E-state index contributed by atoms with van der Waals surface area (Å²) in [6.07, 6.45) is 2.36. The molecule has 2 heterocycles. The van der Waals surface area contributed by atoms with Gasteiger partial charge in [-0.1, -0.05) is 24.3 Å². The molecule has 2 nitrogen and oxygen atoms in total. The second-order valence-electron chi connectivity index (χ2n) is 5.30. The first-order valence-corrected chi connectivity index (χ1v) is 6.96. The van der Waals surface area contributed by atoms with E-state index in [-0.39, 0.29) is 0 Å². The summed E-state index contributed by atoms with van der Waals surface area (Å²) in [5.41, 5.74) is 3.41. The monoisotopic (exact) mass is 250 g/mol. The fraction of sp³-hybridized carbons (Fsp3) is 0.294. The van der Waals surface area contributed by atoms with Gasteiger partial charge >= 0.3 is 0 Å². The fourth-order valence-corrected chi connectivity index (χ4v) is 3.08. The van der Waals surface area contributed by atoms with Crippen molar-refractivity contribution in [2.75, 3.05) is 13.1 Å². The highest BCUT2D eigenvalue weighted by molar-refractivity contribution is 6.05. The van der Waals surface area contributed by atoms with Crippen molar-refractivity contribution in [3.05, 3.63) is 48.0 Å². The first-order valence-electron chi connectivity index (χ1n) is 6.96. The average Bonchev–Trinajstić information content (AvgIpc) is 2.86. The molecule has 2 heteroatoms. The third-order valence-corrected chi connectivity index (χ3v) is 4.14. The van der Waals surface area contributed by atoms with E-state index in [1.807, 2.05) is 12.1 Å². The van der Waals surface area contributed by atoms with Gasteiger partial charge in [0.2, 0.25) is 0 Å². The minimum Gasteiger partial charge on any atom is -0.456 e. The maximum absolute atomic E-state index is 5.88. The topological polar surface area (TPSA) is 27.2 Å². The zero-order valence-corrected chi connectivity index (χ0v) is 10.8. The summed E-state index contributed by atoms with van der Waals surface area (Å²) in [6, 6.07) is 14.9. The largest absolute Gasteiger partial charge is 0.456 e. The Morgan fingerprint density at radius 3 is 2.58 bits per heavy atom. The zero-order chi connectivity index (χ0) is 12.7. The van der Waals surface area contributed by atoms with Crippen LogP contribution in [0.1, 0.15) is 24.3 Å².